The summed E-state index contributed by atoms with van der Waals surface area (Å²) in [6, 6.07) is 0. The highest BCUT2D eigenvalue weighted by Crippen LogP contribution is 2.55. The molecule has 9 amide bonds. The Balaban J connectivity index is 0.00000385. The number of rotatable bonds is 14. The van der Waals surface area contributed by atoms with Crippen molar-refractivity contribution in [3.05, 3.63) is 0 Å². The molecule has 1 aliphatic carbocycles. The van der Waals surface area contributed by atoms with Gasteiger partial charge >= 0.3 is 0 Å². The van der Waals surface area contributed by atoms with Gasteiger partial charge in [-0.05, 0) is 31.1 Å². The normalized spacial score (nSPS) is 30.0. The SMILES string of the molecule is CC.CC1CC(=O)N(CCNC(=O)C2(C)C[C@](C)(C(=O)NCCN3C(=O)CC(C(C)C)C3=O)C[C@](C)(C(=O)NCCN3C(=O)CC(C(C)C)C3=O)C2)C1=O. The lowest BCUT2D eigenvalue weighted by atomic mass is 9.53. The number of nitrogens with zero attached hydrogens (tertiary/aromatic N) is 3. The van der Waals surface area contributed by atoms with E-state index in [4.69, 9.17) is 0 Å². The molecule has 4 unspecified atom stereocenters. The Bertz CT molecular complexity index is 1450. The van der Waals surface area contributed by atoms with E-state index in [-0.39, 0.29) is 125 Å². The largest absolute Gasteiger partial charge is 0.354 e. The van der Waals surface area contributed by atoms with E-state index in [1.807, 2.05) is 41.5 Å². The molecule has 3 aliphatic heterocycles. The van der Waals surface area contributed by atoms with Gasteiger partial charge in [0.05, 0.1) is 0 Å². The molecule has 3 heterocycles. The van der Waals surface area contributed by atoms with Crippen LogP contribution in [0.25, 0.3) is 0 Å². The molecule has 0 spiro atoms. The fourth-order valence-electron chi connectivity index (χ4n) is 8.75. The fraction of sp³-hybridized carbons (Fsp3) is 0.769. The zero-order valence-corrected chi connectivity index (χ0v) is 33.9. The van der Waals surface area contributed by atoms with Crippen molar-refractivity contribution >= 4 is 53.2 Å². The maximum absolute atomic E-state index is 14.0. The number of imide groups is 3. The first-order valence-corrected chi connectivity index (χ1v) is 19.5. The maximum Gasteiger partial charge on any atom is 0.233 e. The topological polar surface area (TPSA) is 199 Å². The van der Waals surface area contributed by atoms with Gasteiger partial charge in [0.1, 0.15) is 0 Å². The average Bonchev–Trinajstić information content (AvgIpc) is 3.64. The molecular weight excluding hydrogens is 696 g/mol. The van der Waals surface area contributed by atoms with Crippen molar-refractivity contribution < 1.29 is 43.2 Å². The molecule has 15 nitrogen and oxygen atoms in total. The van der Waals surface area contributed by atoms with Crippen LogP contribution in [-0.4, -0.2) is 107 Å². The molecule has 6 atom stereocenters. The molecule has 54 heavy (non-hydrogen) atoms. The zero-order valence-electron chi connectivity index (χ0n) is 33.9. The van der Waals surface area contributed by atoms with Crippen LogP contribution >= 0.6 is 0 Å². The van der Waals surface area contributed by atoms with E-state index in [9.17, 15) is 43.2 Å². The molecule has 4 fully saturated rings. The average molecular weight is 759 g/mol. The van der Waals surface area contributed by atoms with E-state index in [2.05, 4.69) is 16.0 Å². The van der Waals surface area contributed by atoms with Crippen molar-refractivity contribution in [2.24, 2.45) is 45.8 Å². The molecule has 4 rings (SSSR count). The number of amides is 9. The van der Waals surface area contributed by atoms with Gasteiger partial charge in [0.2, 0.25) is 53.2 Å². The van der Waals surface area contributed by atoms with Crippen LogP contribution in [-0.2, 0) is 43.2 Å². The lowest BCUT2D eigenvalue weighted by molar-refractivity contribution is -0.155. The highest BCUT2D eigenvalue weighted by molar-refractivity contribution is 6.05. The van der Waals surface area contributed by atoms with Crippen molar-refractivity contribution in [1.82, 2.24) is 30.7 Å². The molecule has 0 aromatic heterocycles. The summed E-state index contributed by atoms with van der Waals surface area (Å²) in [6.45, 7) is 18.2. The second kappa shape index (κ2) is 17.5. The molecule has 15 heteroatoms. The third kappa shape index (κ3) is 9.37. The van der Waals surface area contributed by atoms with Crippen molar-refractivity contribution in [3.8, 4) is 0 Å². The first-order valence-electron chi connectivity index (χ1n) is 19.5. The Morgan fingerprint density at radius 1 is 0.556 bits per heavy atom. The van der Waals surface area contributed by atoms with Gasteiger partial charge in [0.25, 0.3) is 0 Å². The Hall–Kier alpha value is -4.17. The molecule has 0 aromatic carbocycles. The predicted octanol–water partition coefficient (Wildman–Crippen LogP) is 2.02. The number of carbonyl (C=O) groups excluding carboxylic acids is 9. The minimum Gasteiger partial charge on any atom is -0.354 e. The third-order valence-corrected chi connectivity index (χ3v) is 11.5. The van der Waals surface area contributed by atoms with Crippen LogP contribution in [0.5, 0.6) is 0 Å². The molecule has 1 saturated carbocycles. The van der Waals surface area contributed by atoms with Crippen LogP contribution < -0.4 is 16.0 Å². The molecule has 0 aromatic rings. The summed E-state index contributed by atoms with van der Waals surface area (Å²) in [7, 11) is 0. The molecule has 4 aliphatic rings. The minimum absolute atomic E-state index is 0.00184. The van der Waals surface area contributed by atoms with E-state index in [1.165, 1.54) is 9.80 Å². The monoisotopic (exact) mass is 758 g/mol. The van der Waals surface area contributed by atoms with Crippen LogP contribution in [0.2, 0.25) is 0 Å². The van der Waals surface area contributed by atoms with Crippen LogP contribution in [0.3, 0.4) is 0 Å². The van der Waals surface area contributed by atoms with E-state index < -0.39 is 51.7 Å². The van der Waals surface area contributed by atoms with Gasteiger partial charge in [-0.3, -0.25) is 57.9 Å². The van der Waals surface area contributed by atoms with Gasteiger partial charge < -0.3 is 16.0 Å². The first-order chi connectivity index (χ1) is 25.1. The van der Waals surface area contributed by atoms with Crippen LogP contribution in [0.1, 0.15) is 108 Å². The summed E-state index contributed by atoms with van der Waals surface area (Å²) in [5, 5.41) is 8.51. The Morgan fingerprint density at radius 2 is 0.833 bits per heavy atom. The Morgan fingerprint density at radius 3 is 1.07 bits per heavy atom. The van der Waals surface area contributed by atoms with Crippen LogP contribution in [0.15, 0.2) is 0 Å². The van der Waals surface area contributed by atoms with Gasteiger partial charge in [-0.15, -0.1) is 0 Å². The Kier molecular flexibility index (Phi) is 14.4. The van der Waals surface area contributed by atoms with E-state index in [1.54, 1.807) is 27.7 Å². The van der Waals surface area contributed by atoms with Gasteiger partial charge in [-0.25, -0.2) is 0 Å². The highest BCUT2D eigenvalue weighted by Gasteiger charge is 2.57. The second-order valence-corrected chi connectivity index (χ2v) is 16.8. The van der Waals surface area contributed by atoms with Crippen molar-refractivity contribution in [2.45, 2.75) is 108 Å². The van der Waals surface area contributed by atoms with E-state index >= 15 is 0 Å². The number of likely N-dealkylation sites (tertiary alicyclic amines) is 3. The van der Waals surface area contributed by atoms with Crippen LogP contribution in [0.4, 0.5) is 0 Å². The van der Waals surface area contributed by atoms with E-state index in [0.717, 1.165) is 4.90 Å². The molecular formula is C39H62N6O9. The van der Waals surface area contributed by atoms with Gasteiger partial charge in [-0.2, -0.15) is 0 Å². The number of hydrogen-bond donors (Lipinski definition) is 3. The summed E-state index contributed by atoms with van der Waals surface area (Å²) in [5.74, 6) is -4.29. The lowest BCUT2D eigenvalue weighted by Gasteiger charge is -2.50. The number of hydrogen-bond acceptors (Lipinski definition) is 9. The zero-order chi connectivity index (χ0) is 40.9. The van der Waals surface area contributed by atoms with Crippen molar-refractivity contribution in [3.63, 3.8) is 0 Å². The second-order valence-electron chi connectivity index (χ2n) is 16.8. The molecule has 3 N–H and O–H groups in total. The highest BCUT2D eigenvalue weighted by atomic mass is 16.2. The minimum atomic E-state index is -1.25. The molecule has 302 valence electrons. The maximum atomic E-state index is 14.0. The Labute approximate surface area is 319 Å². The summed E-state index contributed by atoms with van der Waals surface area (Å²) in [4.78, 5) is 121. The van der Waals surface area contributed by atoms with Gasteiger partial charge in [0, 0.05) is 92.5 Å². The van der Waals surface area contributed by atoms with Crippen LogP contribution in [0, 0.1) is 45.8 Å². The number of carbonyl (C=O) groups is 9. The van der Waals surface area contributed by atoms with Gasteiger partial charge in [-0.1, -0.05) is 69.2 Å². The van der Waals surface area contributed by atoms with Gasteiger partial charge in [0.15, 0.2) is 0 Å². The van der Waals surface area contributed by atoms with Crippen molar-refractivity contribution in [2.75, 3.05) is 39.3 Å². The molecule has 0 bridgehead atoms. The standard InChI is InChI=1S/C37H56N6O9.C2H6/c1-21(2)24-16-27(45)42(30(24)48)13-10-39-33(51)36(7)18-35(6,32(50)38-9-12-41-26(44)15-23(5)29(41)47)19-37(8,20-36)34(52)40-11-14-43-28(46)17-25(22(3)4)31(43)49;1-2/h21-25H,9-20H2,1-8H3,(H,38,50)(H,39,51)(H,40,52);1-2H3/t23?,24?,25?,35?,36-,37+;. The summed E-state index contributed by atoms with van der Waals surface area (Å²) in [6.07, 6.45) is 0.541. The van der Waals surface area contributed by atoms with Crippen molar-refractivity contribution in [1.29, 1.82) is 0 Å². The molecule has 0 radical (unpaired) electrons. The lowest BCUT2D eigenvalue weighted by Crippen LogP contribution is -2.58. The summed E-state index contributed by atoms with van der Waals surface area (Å²) < 4.78 is 0. The smallest absolute Gasteiger partial charge is 0.233 e. The molecule has 3 saturated heterocycles. The van der Waals surface area contributed by atoms with E-state index in [0.29, 0.717) is 0 Å². The summed E-state index contributed by atoms with van der Waals surface area (Å²) >= 11 is 0. The predicted molar refractivity (Wildman–Crippen MR) is 198 cm³/mol. The third-order valence-electron chi connectivity index (χ3n) is 11.5. The summed E-state index contributed by atoms with van der Waals surface area (Å²) in [5.41, 5.74) is -3.76. The quantitative estimate of drug-likeness (QED) is 0.222. The number of nitrogens with one attached hydrogen (secondary N) is 3. The first kappa shape index (κ1) is 44.2. The fourth-order valence-corrected chi connectivity index (χ4v) is 8.75.